The van der Waals surface area contributed by atoms with Crippen molar-refractivity contribution in [3.05, 3.63) is 30.1 Å². The number of pyridine rings is 1. The van der Waals surface area contributed by atoms with Crippen molar-refractivity contribution in [2.45, 2.75) is 12.6 Å². The number of nitrogens with zero attached hydrogens (tertiary/aromatic N) is 2. The Labute approximate surface area is 130 Å². The van der Waals surface area contributed by atoms with Gasteiger partial charge in [0.05, 0.1) is 11.8 Å². The summed E-state index contributed by atoms with van der Waals surface area (Å²) in [5.41, 5.74) is 0.880. The maximum atomic E-state index is 12.9. The lowest BCUT2D eigenvalue weighted by Crippen LogP contribution is -2.40. The van der Waals surface area contributed by atoms with Crippen molar-refractivity contribution in [3.63, 3.8) is 0 Å². The topological polar surface area (TPSA) is 82.5 Å². The first-order valence-electron chi connectivity index (χ1n) is 7.00. The smallest absolute Gasteiger partial charge is 0.394 e. The molecule has 9 heteroatoms. The molecule has 2 atom stereocenters. The lowest BCUT2D eigenvalue weighted by molar-refractivity contribution is -0.187. The molecular formula is C14H16F3N3O3. The van der Waals surface area contributed by atoms with Crippen molar-refractivity contribution in [2.24, 2.45) is 11.8 Å². The Bertz CT molecular complexity index is 565. The summed E-state index contributed by atoms with van der Waals surface area (Å²) < 4.78 is 38.6. The van der Waals surface area contributed by atoms with E-state index in [0.29, 0.717) is 6.42 Å². The third-order valence-corrected chi connectivity index (χ3v) is 3.76. The molecule has 0 spiro atoms. The molecule has 2 rings (SSSR count). The average molecular weight is 331 g/mol. The van der Waals surface area contributed by atoms with Gasteiger partial charge >= 0.3 is 18.2 Å². The van der Waals surface area contributed by atoms with Crippen molar-refractivity contribution >= 4 is 12.0 Å². The van der Waals surface area contributed by atoms with E-state index in [-0.39, 0.29) is 6.54 Å². The van der Waals surface area contributed by atoms with E-state index in [9.17, 15) is 22.8 Å². The molecule has 23 heavy (non-hydrogen) atoms. The van der Waals surface area contributed by atoms with Crippen LogP contribution in [0.3, 0.4) is 0 Å². The fourth-order valence-electron chi connectivity index (χ4n) is 2.52. The van der Waals surface area contributed by atoms with Gasteiger partial charge in [-0.3, -0.25) is 9.78 Å². The Hall–Kier alpha value is -2.32. The van der Waals surface area contributed by atoms with Gasteiger partial charge in [-0.15, -0.1) is 0 Å². The molecule has 6 nitrogen and oxygen atoms in total. The minimum Gasteiger partial charge on any atom is -0.481 e. The number of carbonyl (C=O) groups excluding carboxylic acids is 1. The molecule has 126 valence electrons. The van der Waals surface area contributed by atoms with E-state index in [1.54, 1.807) is 18.5 Å². The van der Waals surface area contributed by atoms with Crippen molar-refractivity contribution in [1.82, 2.24) is 15.2 Å². The quantitative estimate of drug-likeness (QED) is 0.876. The van der Waals surface area contributed by atoms with E-state index in [4.69, 9.17) is 5.11 Å². The van der Waals surface area contributed by atoms with E-state index in [0.717, 1.165) is 10.5 Å². The summed E-state index contributed by atoms with van der Waals surface area (Å²) in [4.78, 5) is 27.7. The molecule has 1 fully saturated rings. The van der Waals surface area contributed by atoms with E-state index < -0.39 is 43.1 Å². The highest BCUT2D eigenvalue weighted by molar-refractivity contribution is 5.77. The van der Waals surface area contributed by atoms with Crippen LogP contribution in [0.1, 0.15) is 5.56 Å². The molecule has 0 saturated carbocycles. The van der Waals surface area contributed by atoms with E-state index >= 15 is 0 Å². The number of aromatic nitrogens is 1. The molecule has 0 unspecified atom stereocenters. The summed E-state index contributed by atoms with van der Waals surface area (Å²) in [6, 6.07) is 2.87. The predicted octanol–water partition coefficient (Wildman–Crippen LogP) is 1.53. The van der Waals surface area contributed by atoms with Gasteiger partial charge in [0, 0.05) is 32.0 Å². The third-order valence-electron chi connectivity index (χ3n) is 3.76. The maximum absolute atomic E-state index is 12.9. The summed E-state index contributed by atoms with van der Waals surface area (Å²) in [5, 5.41) is 11.4. The molecule has 0 bridgehead atoms. The second-order valence-electron chi connectivity index (χ2n) is 5.34. The number of halogens is 3. The molecule has 0 radical (unpaired) electrons. The second-order valence-corrected chi connectivity index (χ2v) is 5.34. The SMILES string of the molecule is O=C(O)[C@@H]1CN(C(=O)NCCc2cccnc2)C[C@H]1C(F)(F)F. The van der Waals surface area contributed by atoms with Crippen LogP contribution in [0.5, 0.6) is 0 Å². The van der Waals surface area contributed by atoms with Gasteiger partial charge in [0.2, 0.25) is 0 Å². The number of hydrogen-bond acceptors (Lipinski definition) is 3. The van der Waals surface area contributed by atoms with Gasteiger partial charge in [-0.2, -0.15) is 13.2 Å². The van der Waals surface area contributed by atoms with Gasteiger partial charge in [-0.05, 0) is 18.1 Å². The van der Waals surface area contributed by atoms with Crippen LogP contribution in [0.4, 0.5) is 18.0 Å². The standard InChI is InChI=1S/C14H16F3N3O3/c15-14(16,17)11-8-20(7-10(11)12(21)22)13(23)19-5-3-9-2-1-4-18-6-9/h1-2,4,6,10-11H,3,5,7-8H2,(H,19,23)(H,21,22)/t10-,11-/m1/s1. The molecule has 1 aliphatic rings. The van der Waals surface area contributed by atoms with Gasteiger partial charge in [0.25, 0.3) is 0 Å². The second kappa shape index (κ2) is 6.84. The Morgan fingerprint density at radius 1 is 1.39 bits per heavy atom. The van der Waals surface area contributed by atoms with Crippen LogP contribution in [-0.2, 0) is 11.2 Å². The molecule has 0 aliphatic carbocycles. The molecular weight excluding hydrogens is 315 g/mol. The molecule has 2 amide bonds. The van der Waals surface area contributed by atoms with Gasteiger partial charge in [-0.1, -0.05) is 6.07 Å². The van der Waals surface area contributed by atoms with Crippen LogP contribution < -0.4 is 5.32 Å². The Balaban J connectivity index is 1.89. The highest BCUT2D eigenvalue weighted by atomic mass is 19.4. The summed E-state index contributed by atoms with van der Waals surface area (Å²) in [6.07, 6.45) is -0.927. The van der Waals surface area contributed by atoms with Crippen LogP contribution >= 0.6 is 0 Å². The van der Waals surface area contributed by atoms with E-state index in [2.05, 4.69) is 10.3 Å². The van der Waals surface area contributed by atoms with Crippen LogP contribution in [0.2, 0.25) is 0 Å². The molecule has 2 heterocycles. The predicted molar refractivity (Wildman–Crippen MR) is 73.6 cm³/mol. The number of aliphatic carboxylic acids is 1. The zero-order chi connectivity index (χ0) is 17.0. The number of likely N-dealkylation sites (tertiary alicyclic amines) is 1. The fraction of sp³-hybridized carbons (Fsp3) is 0.500. The number of carbonyl (C=O) groups is 2. The first-order valence-corrected chi connectivity index (χ1v) is 7.00. The van der Waals surface area contributed by atoms with Crippen LogP contribution in [0, 0.1) is 11.8 Å². The van der Waals surface area contributed by atoms with E-state index in [1.165, 1.54) is 0 Å². The van der Waals surface area contributed by atoms with Crippen LogP contribution in [-0.4, -0.2) is 52.8 Å². The highest BCUT2D eigenvalue weighted by Gasteiger charge is 2.53. The Kier molecular flexibility index (Phi) is 5.07. The number of carboxylic acid groups (broad SMARTS) is 1. The van der Waals surface area contributed by atoms with Gasteiger partial charge in [-0.25, -0.2) is 4.79 Å². The first-order chi connectivity index (χ1) is 10.8. The minimum atomic E-state index is -4.65. The van der Waals surface area contributed by atoms with Gasteiger partial charge < -0.3 is 15.3 Å². The molecule has 1 aliphatic heterocycles. The fourth-order valence-corrected chi connectivity index (χ4v) is 2.52. The molecule has 1 saturated heterocycles. The monoisotopic (exact) mass is 331 g/mol. The molecule has 1 aromatic rings. The Morgan fingerprint density at radius 2 is 2.13 bits per heavy atom. The number of rotatable bonds is 4. The largest absolute Gasteiger partial charge is 0.481 e. The summed E-state index contributed by atoms with van der Waals surface area (Å²) in [5.74, 6) is -5.21. The number of hydrogen-bond donors (Lipinski definition) is 2. The van der Waals surface area contributed by atoms with Crippen molar-refractivity contribution < 1.29 is 27.9 Å². The van der Waals surface area contributed by atoms with Crippen LogP contribution in [0.25, 0.3) is 0 Å². The summed E-state index contributed by atoms with van der Waals surface area (Å²) >= 11 is 0. The summed E-state index contributed by atoms with van der Waals surface area (Å²) in [6.45, 7) is -0.854. The zero-order valence-corrected chi connectivity index (χ0v) is 12.1. The number of carboxylic acids is 1. The Morgan fingerprint density at radius 3 is 2.65 bits per heavy atom. The zero-order valence-electron chi connectivity index (χ0n) is 12.1. The summed E-state index contributed by atoms with van der Waals surface area (Å²) in [7, 11) is 0. The number of nitrogens with one attached hydrogen (secondary N) is 1. The molecule has 0 aromatic carbocycles. The van der Waals surface area contributed by atoms with Crippen LogP contribution in [0.15, 0.2) is 24.5 Å². The normalized spacial score (nSPS) is 21.3. The number of urea groups is 1. The third kappa shape index (κ3) is 4.33. The molecule has 2 N–H and O–H groups in total. The first kappa shape index (κ1) is 17.0. The van der Waals surface area contributed by atoms with Gasteiger partial charge in [0.1, 0.15) is 0 Å². The van der Waals surface area contributed by atoms with E-state index in [1.807, 2.05) is 6.07 Å². The minimum absolute atomic E-state index is 0.232. The lowest BCUT2D eigenvalue weighted by atomic mass is 9.96. The van der Waals surface area contributed by atoms with Crippen molar-refractivity contribution in [2.75, 3.05) is 19.6 Å². The number of amides is 2. The number of alkyl halides is 3. The molecule has 1 aromatic heterocycles. The van der Waals surface area contributed by atoms with Crippen molar-refractivity contribution in [1.29, 1.82) is 0 Å². The van der Waals surface area contributed by atoms with Crippen molar-refractivity contribution in [3.8, 4) is 0 Å². The highest BCUT2D eigenvalue weighted by Crippen LogP contribution is 2.37. The van der Waals surface area contributed by atoms with Gasteiger partial charge in [0.15, 0.2) is 0 Å². The average Bonchev–Trinajstić information content (AvgIpc) is 2.94. The maximum Gasteiger partial charge on any atom is 0.394 e. The lowest BCUT2D eigenvalue weighted by Gasteiger charge is -2.18.